The Morgan fingerprint density at radius 2 is 1.95 bits per heavy atom. The maximum absolute atomic E-state index is 15.6. The highest BCUT2D eigenvalue weighted by molar-refractivity contribution is 5.97. The molecule has 2 saturated heterocycles. The van der Waals surface area contributed by atoms with Crippen molar-refractivity contribution in [2.75, 3.05) is 42.6 Å². The summed E-state index contributed by atoms with van der Waals surface area (Å²) in [7, 11) is 0. The van der Waals surface area contributed by atoms with Crippen molar-refractivity contribution >= 4 is 40.2 Å². The van der Waals surface area contributed by atoms with Gasteiger partial charge in [-0.25, -0.2) is 18.4 Å². The number of cyclic esters (lactones) is 1. The molecular weight excluding hydrogens is 570 g/mol. The lowest BCUT2D eigenvalue weighted by atomic mass is 10.1. The Morgan fingerprint density at radius 3 is 2.67 bits per heavy atom. The number of carboxylic acid groups (broad SMARTS) is 1. The van der Waals surface area contributed by atoms with Gasteiger partial charge in [0, 0.05) is 32.2 Å². The Hall–Kier alpha value is -4.88. The lowest BCUT2D eigenvalue weighted by molar-refractivity contribution is -0.119. The van der Waals surface area contributed by atoms with E-state index >= 15 is 8.78 Å². The zero-order valence-corrected chi connectivity index (χ0v) is 23.3. The molecule has 3 aliphatic rings. The van der Waals surface area contributed by atoms with Gasteiger partial charge in [-0.15, -0.1) is 0 Å². The van der Waals surface area contributed by atoms with E-state index in [2.05, 4.69) is 5.32 Å². The first kappa shape index (κ1) is 28.2. The summed E-state index contributed by atoms with van der Waals surface area (Å²) in [4.78, 5) is 50.9. The van der Waals surface area contributed by atoms with Gasteiger partial charge in [0.15, 0.2) is 23.1 Å². The summed E-state index contributed by atoms with van der Waals surface area (Å²) in [5.74, 6) is -2.99. The SMILES string of the molecule is CC(=O)NC[C@H]1CN(c2ccc(O[C@@H]3CCN(c4c(F)cc5c(=O)c(C(=O)O)cn6c5c4OCC6C)C3)c(F)c2)C(=O)O1. The molecule has 1 unspecified atom stereocenters. The number of carboxylic acids is 1. The van der Waals surface area contributed by atoms with Gasteiger partial charge in [0.05, 0.1) is 42.3 Å². The first-order chi connectivity index (χ1) is 20.5. The van der Waals surface area contributed by atoms with E-state index in [9.17, 15) is 24.3 Å². The Labute approximate surface area is 243 Å². The minimum Gasteiger partial charge on any atom is -0.487 e. The molecule has 3 aromatic rings. The number of amides is 2. The highest BCUT2D eigenvalue weighted by Gasteiger charge is 2.35. The third-order valence-corrected chi connectivity index (χ3v) is 7.81. The number of ether oxygens (including phenoxy) is 3. The lowest BCUT2D eigenvalue weighted by Gasteiger charge is -2.31. The van der Waals surface area contributed by atoms with Crippen LogP contribution in [0.4, 0.5) is 25.0 Å². The van der Waals surface area contributed by atoms with Gasteiger partial charge in [-0.3, -0.25) is 14.5 Å². The third kappa shape index (κ3) is 5.06. The Balaban J connectivity index is 1.21. The number of benzene rings is 2. The monoisotopic (exact) mass is 598 g/mol. The van der Waals surface area contributed by atoms with Crippen LogP contribution in [0, 0.1) is 11.6 Å². The Kier molecular flexibility index (Phi) is 7.06. The minimum atomic E-state index is -1.40. The molecule has 3 atom stereocenters. The number of anilines is 2. The van der Waals surface area contributed by atoms with Crippen LogP contribution in [0.2, 0.25) is 0 Å². The van der Waals surface area contributed by atoms with Gasteiger partial charge < -0.3 is 34.1 Å². The molecular formula is C29H28F2N4O8. The van der Waals surface area contributed by atoms with Crippen LogP contribution in [-0.4, -0.2) is 72.6 Å². The summed E-state index contributed by atoms with van der Waals surface area (Å²) in [6.45, 7) is 4.13. The van der Waals surface area contributed by atoms with Crippen molar-refractivity contribution in [3.63, 3.8) is 0 Å². The average Bonchev–Trinajstić information content (AvgIpc) is 3.57. The number of hydrogen-bond acceptors (Lipinski definition) is 8. The van der Waals surface area contributed by atoms with E-state index in [-0.39, 0.29) is 66.5 Å². The molecule has 2 aromatic carbocycles. The molecule has 0 radical (unpaired) electrons. The Morgan fingerprint density at radius 1 is 1.16 bits per heavy atom. The van der Waals surface area contributed by atoms with E-state index in [1.54, 1.807) is 16.4 Å². The van der Waals surface area contributed by atoms with Crippen molar-refractivity contribution in [1.29, 1.82) is 0 Å². The van der Waals surface area contributed by atoms with Gasteiger partial charge in [-0.05, 0) is 25.1 Å². The number of nitrogens with one attached hydrogen (secondary N) is 1. The highest BCUT2D eigenvalue weighted by Crippen LogP contribution is 2.43. The quantitative estimate of drug-likeness (QED) is 0.420. The second-order valence-electron chi connectivity index (χ2n) is 10.8. The van der Waals surface area contributed by atoms with Crippen molar-refractivity contribution < 1.29 is 42.5 Å². The molecule has 3 aliphatic heterocycles. The predicted molar refractivity (Wildman–Crippen MR) is 149 cm³/mol. The number of pyridine rings is 1. The van der Waals surface area contributed by atoms with Crippen molar-refractivity contribution in [1.82, 2.24) is 9.88 Å². The standard InChI is InChI=1S/C29H28F2N4O8/c1-14-13-41-27-24-19(26(37)20(28(38)39)12-34(14)24)8-22(31)25(27)33-6-5-17(10-33)42-23-4-3-16(7-21(23)30)35-11-18(43-29(35)40)9-32-15(2)36/h3-4,7-8,12,14,17-18H,5-6,9-11,13H2,1-2H3,(H,32,36)(H,38,39)/t14?,17-,18+/m1/s1. The second kappa shape index (κ2) is 10.7. The fourth-order valence-corrected chi connectivity index (χ4v) is 5.72. The number of rotatable bonds is 7. The van der Waals surface area contributed by atoms with Crippen LogP contribution in [0.15, 0.2) is 35.3 Å². The van der Waals surface area contributed by atoms with Crippen molar-refractivity contribution in [3.05, 3.63) is 57.9 Å². The molecule has 0 aliphatic carbocycles. The number of aromatic nitrogens is 1. The largest absolute Gasteiger partial charge is 0.487 e. The number of halogens is 2. The molecule has 1 aromatic heterocycles. The summed E-state index contributed by atoms with van der Waals surface area (Å²) in [5.41, 5.74) is -0.535. The van der Waals surface area contributed by atoms with E-state index in [0.717, 1.165) is 12.1 Å². The van der Waals surface area contributed by atoms with Crippen molar-refractivity contribution in [2.45, 2.75) is 38.5 Å². The van der Waals surface area contributed by atoms with Gasteiger partial charge in [0.2, 0.25) is 11.3 Å². The van der Waals surface area contributed by atoms with Crippen molar-refractivity contribution in [2.24, 2.45) is 0 Å². The molecule has 6 rings (SSSR count). The van der Waals surface area contributed by atoms with Gasteiger partial charge in [-0.1, -0.05) is 0 Å². The van der Waals surface area contributed by atoms with Crippen LogP contribution in [0.25, 0.3) is 10.9 Å². The number of carbonyl (C=O) groups is 3. The lowest BCUT2D eigenvalue weighted by Crippen LogP contribution is -2.33. The fraction of sp³-hybridized carbons (Fsp3) is 0.379. The van der Waals surface area contributed by atoms with Gasteiger partial charge >= 0.3 is 12.1 Å². The van der Waals surface area contributed by atoms with Crippen LogP contribution < -0.4 is 30.0 Å². The van der Waals surface area contributed by atoms with Crippen LogP contribution in [-0.2, 0) is 9.53 Å². The summed E-state index contributed by atoms with van der Waals surface area (Å²) >= 11 is 0. The van der Waals surface area contributed by atoms with Gasteiger partial charge in [-0.2, -0.15) is 0 Å². The van der Waals surface area contributed by atoms with Crippen LogP contribution >= 0.6 is 0 Å². The van der Waals surface area contributed by atoms with E-state index in [1.807, 2.05) is 0 Å². The zero-order chi connectivity index (χ0) is 30.6. The molecule has 2 amide bonds. The molecule has 2 N–H and O–H groups in total. The molecule has 4 heterocycles. The van der Waals surface area contributed by atoms with Crippen molar-refractivity contribution in [3.8, 4) is 11.5 Å². The molecule has 14 heteroatoms. The normalized spacial score (nSPS) is 21.1. The number of nitrogens with zero attached hydrogens (tertiary/aromatic N) is 3. The first-order valence-electron chi connectivity index (χ1n) is 13.7. The van der Waals surface area contributed by atoms with E-state index in [1.165, 1.54) is 30.2 Å². The number of carbonyl (C=O) groups excluding carboxylic acids is 2. The first-order valence-corrected chi connectivity index (χ1v) is 13.7. The molecule has 12 nitrogen and oxygen atoms in total. The summed E-state index contributed by atoms with van der Waals surface area (Å²) < 4.78 is 49.4. The maximum Gasteiger partial charge on any atom is 0.414 e. The minimum absolute atomic E-state index is 0.0432. The molecule has 0 bridgehead atoms. The summed E-state index contributed by atoms with van der Waals surface area (Å²) in [6, 6.07) is 4.85. The average molecular weight is 599 g/mol. The number of hydrogen-bond donors (Lipinski definition) is 2. The number of aromatic carboxylic acids is 1. The maximum atomic E-state index is 15.6. The summed E-state index contributed by atoms with van der Waals surface area (Å²) in [6.07, 6.45) is -0.0407. The van der Waals surface area contributed by atoms with E-state index < -0.39 is 46.9 Å². The summed E-state index contributed by atoms with van der Waals surface area (Å²) in [5, 5.41) is 12.0. The fourth-order valence-electron chi connectivity index (χ4n) is 5.72. The second-order valence-corrected chi connectivity index (χ2v) is 10.8. The molecule has 43 heavy (non-hydrogen) atoms. The van der Waals surface area contributed by atoms with Crippen LogP contribution in [0.5, 0.6) is 11.5 Å². The molecule has 2 fully saturated rings. The van der Waals surface area contributed by atoms with Gasteiger partial charge in [0.25, 0.3) is 0 Å². The van der Waals surface area contributed by atoms with Crippen LogP contribution in [0.3, 0.4) is 0 Å². The smallest absolute Gasteiger partial charge is 0.414 e. The van der Waals surface area contributed by atoms with Gasteiger partial charge in [0.1, 0.15) is 30.1 Å². The van der Waals surface area contributed by atoms with E-state index in [4.69, 9.17) is 14.2 Å². The van der Waals surface area contributed by atoms with E-state index in [0.29, 0.717) is 18.5 Å². The molecule has 0 saturated carbocycles. The van der Waals surface area contributed by atoms with Crippen LogP contribution in [0.1, 0.15) is 36.7 Å². The molecule has 226 valence electrons. The predicted octanol–water partition coefficient (Wildman–Crippen LogP) is 3.05. The molecule has 0 spiro atoms. The highest BCUT2D eigenvalue weighted by atomic mass is 19.1. The Bertz CT molecular complexity index is 1730. The third-order valence-electron chi connectivity index (χ3n) is 7.81. The topological polar surface area (TPSA) is 140 Å². The zero-order valence-electron chi connectivity index (χ0n) is 23.3.